The van der Waals surface area contributed by atoms with Gasteiger partial charge in [0, 0.05) is 5.69 Å². The van der Waals surface area contributed by atoms with Gasteiger partial charge in [0.1, 0.15) is 5.82 Å². The lowest BCUT2D eigenvalue weighted by Gasteiger charge is -2.15. The highest BCUT2D eigenvalue weighted by Crippen LogP contribution is 2.36. The Hall–Kier alpha value is -3.13. The second-order valence-corrected chi connectivity index (χ2v) is 6.38. The maximum Gasteiger partial charge on any atom is 0.126 e. The molecule has 2 aromatic carbocycles. The van der Waals surface area contributed by atoms with Gasteiger partial charge in [-0.25, -0.2) is 4.39 Å². The zero-order chi connectivity index (χ0) is 18.7. The Labute approximate surface area is 154 Å². The zero-order valence-electron chi connectivity index (χ0n) is 15.1. The molecule has 3 rings (SSSR count). The molecule has 0 bridgehead atoms. The van der Waals surface area contributed by atoms with E-state index in [1.54, 1.807) is 6.92 Å². The van der Waals surface area contributed by atoms with E-state index in [1.807, 2.05) is 61.6 Å². The number of allylic oxidation sites excluding steroid dienone is 8. The molecule has 0 fully saturated rings. The molecule has 1 nitrogen and oxygen atoms in total. The summed E-state index contributed by atoms with van der Waals surface area (Å²) < 4.78 is 13.7. The molecule has 2 N–H and O–H groups in total. The van der Waals surface area contributed by atoms with Crippen molar-refractivity contribution in [2.75, 3.05) is 5.73 Å². The highest BCUT2D eigenvalue weighted by molar-refractivity contribution is 6.07. The van der Waals surface area contributed by atoms with Gasteiger partial charge in [-0.1, -0.05) is 49.1 Å². The van der Waals surface area contributed by atoms with Crippen molar-refractivity contribution in [3.8, 4) is 0 Å². The number of aryl methyl sites for hydroxylation is 1. The van der Waals surface area contributed by atoms with Gasteiger partial charge in [-0.3, -0.25) is 0 Å². The first-order valence-corrected chi connectivity index (χ1v) is 8.58. The first kappa shape index (κ1) is 17.7. The SMILES string of the molecule is C=C1C=CC=C(c2ccc(N)c(C=CC)c2)C(c2ccc(F)c(C)c2)=C1. The molecular formula is C24H22FN. The second kappa shape index (κ2) is 7.40. The average Bonchev–Trinajstić information content (AvgIpc) is 2.81. The molecule has 0 saturated heterocycles. The third-order valence-electron chi connectivity index (χ3n) is 4.41. The Morgan fingerprint density at radius 1 is 1.04 bits per heavy atom. The van der Waals surface area contributed by atoms with Crippen LogP contribution in [0.2, 0.25) is 0 Å². The Morgan fingerprint density at radius 2 is 1.77 bits per heavy atom. The van der Waals surface area contributed by atoms with Crippen LogP contribution in [0.25, 0.3) is 17.2 Å². The van der Waals surface area contributed by atoms with Crippen molar-refractivity contribution < 1.29 is 4.39 Å². The van der Waals surface area contributed by atoms with Gasteiger partial charge < -0.3 is 5.73 Å². The van der Waals surface area contributed by atoms with Crippen molar-refractivity contribution in [1.29, 1.82) is 0 Å². The molecule has 1 aliphatic rings. The summed E-state index contributed by atoms with van der Waals surface area (Å²) in [7, 11) is 0. The smallest absolute Gasteiger partial charge is 0.126 e. The number of halogens is 1. The summed E-state index contributed by atoms with van der Waals surface area (Å²) >= 11 is 0. The zero-order valence-corrected chi connectivity index (χ0v) is 15.1. The minimum atomic E-state index is -0.201. The van der Waals surface area contributed by atoms with Crippen molar-refractivity contribution in [2.24, 2.45) is 0 Å². The van der Waals surface area contributed by atoms with E-state index in [0.29, 0.717) is 5.56 Å². The van der Waals surface area contributed by atoms with Gasteiger partial charge in [0.25, 0.3) is 0 Å². The molecule has 2 heteroatoms. The highest BCUT2D eigenvalue weighted by atomic mass is 19.1. The summed E-state index contributed by atoms with van der Waals surface area (Å²) in [5.74, 6) is -0.201. The van der Waals surface area contributed by atoms with Crippen LogP contribution in [0.1, 0.15) is 29.2 Å². The Bertz CT molecular complexity index is 987. The summed E-state index contributed by atoms with van der Waals surface area (Å²) in [5, 5.41) is 0. The van der Waals surface area contributed by atoms with Crippen LogP contribution in [0, 0.1) is 12.7 Å². The number of anilines is 1. The lowest BCUT2D eigenvalue weighted by atomic mass is 9.89. The van der Waals surface area contributed by atoms with Crippen LogP contribution in [-0.2, 0) is 0 Å². The molecule has 0 unspecified atom stereocenters. The highest BCUT2D eigenvalue weighted by Gasteiger charge is 2.14. The number of nitrogen functional groups attached to an aromatic ring is 1. The minimum absolute atomic E-state index is 0.201. The van der Waals surface area contributed by atoms with Crippen LogP contribution >= 0.6 is 0 Å². The fourth-order valence-corrected chi connectivity index (χ4v) is 3.04. The van der Waals surface area contributed by atoms with Gasteiger partial charge >= 0.3 is 0 Å². The number of benzene rings is 2. The van der Waals surface area contributed by atoms with Crippen molar-refractivity contribution >= 4 is 22.9 Å². The van der Waals surface area contributed by atoms with E-state index in [2.05, 4.69) is 18.7 Å². The molecule has 26 heavy (non-hydrogen) atoms. The van der Waals surface area contributed by atoms with E-state index >= 15 is 0 Å². The summed E-state index contributed by atoms with van der Waals surface area (Å²) in [6.07, 6.45) is 12.0. The molecule has 0 aromatic heterocycles. The first-order valence-electron chi connectivity index (χ1n) is 8.58. The molecule has 1 aliphatic carbocycles. The van der Waals surface area contributed by atoms with Crippen LogP contribution < -0.4 is 5.73 Å². The predicted octanol–water partition coefficient (Wildman–Crippen LogP) is 6.34. The molecule has 0 spiro atoms. The Balaban J connectivity index is 2.17. The first-order chi connectivity index (χ1) is 12.5. The Morgan fingerprint density at radius 3 is 2.50 bits per heavy atom. The molecule has 0 atom stereocenters. The topological polar surface area (TPSA) is 26.0 Å². The normalized spacial score (nSPS) is 14.3. The van der Waals surface area contributed by atoms with E-state index in [0.717, 1.165) is 39.1 Å². The van der Waals surface area contributed by atoms with Crippen molar-refractivity contribution in [1.82, 2.24) is 0 Å². The van der Waals surface area contributed by atoms with Gasteiger partial charge in [-0.15, -0.1) is 0 Å². The van der Waals surface area contributed by atoms with Crippen LogP contribution in [0.15, 0.2) is 78.9 Å². The van der Waals surface area contributed by atoms with Crippen molar-refractivity contribution in [3.05, 3.63) is 107 Å². The average molecular weight is 343 g/mol. The molecular weight excluding hydrogens is 321 g/mol. The second-order valence-electron chi connectivity index (χ2n) is 6.38. The number of nitrogens with two attached hydrogens (primary N) is 1. The van der Waals surface area contributed by atoms with E-state index < -0.39 is 0 Å². The fourth-order valence-electron chi connectivity index (χ4n) is 3.04. The van der Waals surface area contributed by atoms with Crippen molar-refractivity contribution in [3.63, 3.8) is 0 Å². The molecule has 0 radical (unpaired) electrons. The van der Waals surface area contributed by atoms with Gasteiger partial charge in [0.2, 0.25) is 0 Å². The minimum Gasteiger partial charge on any atom is -0.398 e. The summed E-state index contributed by atoms with van der Waals surface area (Å²) in [6.45, 7) is 7.82. The van der Waals surface area contributed by atoms with Crippen LogP contribution in [0.4, 0.5) is 10.1 Å². The third kappa shape index (κ3) is 3.60. The van der Waals surface area contributed by atoms with E-state index in [1.165, 1.54) is 6.07 Å². The Kier molecular flexibility index (Phi) is 5.04. The van der Waals surface area contributed by atoms with Crippen LogP contribution in [0.5, 0.6) is 0 Å². The monoisotopic (exact) mass is 343 g/mol. The predicted molar refractivity (Wildman–Crippen MR) is 111 cm³/mol. The fraction of sp³-hybridized carbons (Fsp3) is 0.0833. The van der Waals surface area contributed by atoms with Crippen LogP contribution in [-0.4, -0.2) is 0 Å². The van der Waals surface area contributed by atoms with Gasteiger partial charge in [0.05, 0.1) is 0 Å². The van der Waals surface area contributed by atoms with E-state index in [9.17, 15) is 4.39 Å². The van der Waals surface area contributed by atoms with E-state index in [-0.39, 0.29) is 5.82 Å². The largest absolute Gasteiger partial charge is 0.398 e. The third-order valence-corrected chi connectivity index (χ3v) is 4.41. The number of rotatable bonds is 3. The molecule has 0 heterocycles. The van der Waals surface area contributed by atoms with Gasteiger partial charge in [-0.05, 0) is 83.2 Å². The molecule has 0 amide bonds. The molecule has 130 valence electrons. The van der Waals surface area contributed by atoms with E-state index in [4.69, 9.17) is 5.73 Å². The maximum atomic E-state index is 13.7. The summed E-state index contributed by atoms with van der Waals surface area (Å²) in [5.41, 5.74) is 13.4. The summed E-state index contributed by atoms with van der Waals surface area (Å²) in [6, 6.07) is 11.2. The number of hydrogen-bond donors (Lipinski definition) is 1. The lowest BCUT2D eigenvalue weighted by molar-refractivity contribution is 0.618. The lowest BCUT2D eigenvalue weighted by Crippen LogP contribution is -1.96. The van der Waals surface area contributed by atoms with Crippen LogP contribution in [0.3, 0.4) is 0 Å². The number of hydrogen-bond acceptors (Lipinski definition) is 1. The molecule has 2 aromatic rings. The maximum absolute atomic E-state index is 13.7. The molecule has 0 saturated carbocycles. The van der Waals surface area contributed by atoms with Gasteiger partial charge in [-0.2, -0.15) is 0 Å². The summed E-state index contributed by atoms with van der Waals surface area (Å²) in [4.78, 5) is 0. The standard InChI is InChI=1S/C24H22FN/c1-4-6-20-15-19(10-12-24(20)26)21-8-5-7-16(2)13-22(21)18-9-11-23(25)17(3)14-18/h4-15H,2,26H2,1,3H3. The van der Waals surface area contributed by atoms with Crippen molar-refractivity contribution in [2.45, 2.75) is 13.8 Å². The van der Waals surface area contributed by atoms with Gasteiger partial charge in [0.15, 0.2) is 0 Å². The quantitative estimate of drug-likeness (QED) is 0.646. The molecule has 0 aliphatic heterocycles.